The Hall–Kier alpha value is -2.66. The summed E-state index contributed by atoms with van der Waals surface area (Å²) in [7, 11) is 0. The first-order valence-corrected chi connectivity index (χ1v) is 7.02. The highest BCUT2D eigenvalue weighted by Gasteiger charge is 2.28. The van der Waals surface area contributed by atoms with E-state index in [2.05, 4.69) is 4.98 Å². The molecule has 0 spiro atoms. The summed E-state index contributed by atoms with van der Waals surface area (Å²) in [6.07, 6.45) is -1.02. The number of carbonyl (C=O) groups excluding carboxylic acids is 1. The molecule has 0 aliphatic heterocycles. The summed E-state index contributed by atoms with van der Waals surface area (Å²) in [5.41, 5.74) is 7.40. The maximum absolute atomic E-state index is 11.4. The van der Waals surface area contributed by atoms with Gasteiger partial charge in [-0.3, -0.25) is 4.79 Å². The van der Waals surface area contributed by atoms with Crippen LogP contribution in [0.25, 0.3) is 11.1 Å². The van der Waals surface area contributed by atoms with Crippen LogP contribution in [0.15, 0.2) is 59.0 Å². The van der Waals surface area contributed by atoms with Gasteiger partial charge in [-0.1, -0.05) is 42.5 Å². The summed E-state index contributed by atoms with van der Waals surface area (Å²) < 4.78 is 5.60. The molecule has 5 heteroatoms. The molecule has 0 aliphatic carbocycles. The number of aromatic nitrogens is 1. The van der Waals surface area contributed by atoms with Crippen LogP contribution < -0.4 is 5.73 Å². The fourth-order valence-electron chi connectivity index (χ4n) is 2.52. The minimum Gasteiger partial charge on any atom is -0.438 e. The summed E-state index contributed by atoms with van der Waals surface area (Å²) >= 11 is 0. The van der Waals surface area contributed by atoms with Crippen LogP contribution >= 0.6 is 0 Å². The summed E-state index contributed by atoms with van der Waals surface area (Å²) in [4.78, 5) is 15.6. The van der Waals surface area contributed by atoms with Gasteiger partial charge in [-0.05, 0) is 17.7 Å². The predicted molar refractivity (Wildman–Crippen MR) is 82.0 cm³/mol. The Bertz CT molecular complexity index is 750. The van der Waals surface area contributed by atoms with Gasteiger partial charge < -0.3 is 15.3 Å². The van der Waals surface area contributed by atoms with Gasteiger partial charge >= 0.3 is 0 Å². The third-order valence-corrected chi connectivity index (χ3v) is 3.59. The molecule has 0 radical (unpaired) electrons. The normalized spacial score (nSPS) is 13.9. The van der Waals surface area contributed by atoms with Crippen molar-refractivity contribution in [2.75, 3.05) is 0 Å². The van der Waals surface area contributed by atoms with Crippen molar-refractivity contribution in [1.82, 2.24) is 4.98 Å². The summed E-state index contributed by atoms with van der Waals surface area (Å²) in [6.45, 7) is 0. The van der Waals surface area contributed by atoms with E-state index in [4.69, 9.17) is 10.2 Å². The number of aliphatic hydroxyl groups excluding tert-OH is 1. The number of fused-ring (bicyclic) bond motifs is 1. The van der Waals surface area contributed by atoms with Crippen LogP contribution in [-0.4, -0.2) is 16.0 Å². The number of aliphatic hydroxyl groups is 1. The van der Waals surface area contributed by atoms with E-state index in [0.717, 1.165) is 5.56 Å². The van der Waals surface area contributed by atoms with Crippen molar-refractivity contribution >= 4 is 17.0 Å². The topological polar surface area (TPSA) is 89.4 Å². The second kappa shape index (κ2) is 5.99. The Kier molecular flexibility index (Phi) is 3.89. The molecule has 2 unspecified atom stereocenters. The van der Waals surface area contributed by atoms with E-state index < -0.39 is 17.9 Å². The molecule has 5 nitrogen and oxygen atoms in total. The first kappa shape index (κ1) is 14.3. The van der Waals surface area contributed by atoms with E-state index >= 15 is 0 Å². The van der Waals surface area contributed by atoms with Crippen molar-refractivity contribution in [3.05, 3.63) is 66.1 Å². The quantitative estimate of drug-likeness (QED) is 0.757. The molecule has 1 aromatic heterocycles. The molecular formula is C17H16N2O3. The number of primary amides is 1. The van der Waals surface area contributed by atoms with Gasteiger partial charge in [0.25, 0.3) is 0 Å². The van der Waals surface area contributed by atoms with E-state index in [-0.39, 0.29) is 12.3 Å². The zero-order valence-corrected chi connectivity index (χ0v) is 11.8. The first-order chi connectivity index (χ1) is 10.6. The summed E-state index contributed by atoms with van der Waals surface area (Å²) in [5, 5.41) is 10.6. The van der Waals surface area contributed by atoms with Gasteiger partial charge in [-0.2, -0.15) is 0 Å². The molecule has 3 rings (SSSR count). The Balaban J connectivity index is 1.97. The Morgan fingerprint density at radius 2 is 1.82 bits per heavy atom. The van der Waals surface area contributed by atoms with Crippen LogP contribution in [0.3, 0.4) is 0 Å². The lowest BCUT2D eigenvalue weighted by Crippen LogP contribution is -2.20. The van der Waals surface area contributed by atoms with Crippen LogP contribution in [0.1, 0.15) is 29.9 Å². The van der Waals surface area contributed by atoms with E-state index in [1.165, 1.54) is 0 Å². The van der Waals surface area contributed by atoms with Crippen molar-refractivity contribution < 1.29 is 14.3 Å². The maximum Gasteiger partial charge on any atom is 0.225 e. The van der Waals surface area contributed by atoms with Gasteiger partial charge in [0, 0.05) is 12.3 Å². The monoisotopic (exact) mass is 296 g/mol. The molecule has 2 aromatic carbocycles. The predicted octanol–water partition coefficient (Wildman–Crippen LogP) is 2.52. The van der Waals surface area contributed by atoms with E-state index in [1.54, 1.807) is 12.1 Å². The van der Waals surface area contributed by atoms with Crippen LogP contribution in [0.2, 0.25) is 0 Å². The standard InChI is InChI=1S/C17H16N2O3/c18-15(20)10-12(11-6-2-1-3-7-11)16(21)17-19-13-8-4-5-9-14(13)22-17/h1-9,12,16,21H,10H2,(H2,18,20). The minimum atomic E-state index is -1.04. The zero-order chi connectivity index (χ0) is 15.5. The average Bonchev–Trinajstić information content (AvgIpc) is 2.96. The second-order valence-electron chi connectivity index (χ2n) is 5.15. The molecule has 0 bridgehead atoms. The third-order valence-electron chi connectivity index (χ3n) is 3.59. The van der Waals surface area contributed by atoms with Crippen LogP contribution in [0.4, 0.5) is 0 Å². The molecule has 0 saturated heterocycles. The van der Waals surface area contributed by atoms with Gasteiger partial charge in [-0.25, -0.2) is 4.98 Å². The van der Waals surface area contributed by atoms with E-state index in [1.807, 2.05) is 42.5 Å². The van der Waals surface area contributed by atoms with E-state index in [0.29, 0.717) is 11.1 Å². The van der Waals surface area contributed by atoms with Crippen molar-refractivity contribution in [3.8, 4) is 0 Å². The third kappa shape index (κ3) is 2.84. The Morgan fingerprint density at radius 3 is 2.50 bits per heavy atom. The smallest absolute Gasteiger partial charge is 0.225 e. The fourth-order valence-corrected chi connectivity index (χ4v) is 2.52. The lowest BCUT2D eigenvalue weighted by Gasteiger charge is -2.19. The number of rotatable bonds is 5. The highest BCUT2D eigenvalue weighted by atomic mass is 16.4. The number of nitrogens with zero attached hydrogens (tertiary/aromatic N) is 1. The SMILES string of the molecule is NC(=O)CC(c1ccccc1)C(O)c1nc2ccccc2o1. The largest absolute Gasteiger partial charge is 0.438 e. The highest BCUT2D eigenvalue weighted by molar-refractivity contribution is 5.75. The van der Waals surface area contributed by atoms with Crippen molar-refractivity contribution in [2.24, 2.45) is 5.73 Å². The lowest BCUT2D eigenvalue weighted by atomic mass is 9.90. The summed E-state index contributed by atoms with van der Waals surface area (Å²) in [6, 6.07) is 16.5. The number of carbonyl (C=O) groups is 1. The van der Waals surface area contributed by atoms with Crippen molar-refractivity contribution in [3.63, 3.8) is 0 Å². The molecule has 2 atom stereocenters. The molecule has 1 amide bonds. The van der Waals surface area contributed by atoms with Gasteiger partial charge in [-0.15, -0.1) is 0 Å². The number of hydrogen-bond acceptors (Lipinski definition) is 4. The lowest BCUT2D eigenvalue weighted by molar-refractivity contribution is -0.119. The highest BCUT2D eigenvalue weighted by Crippen LogP contribution is 2.34. The Morgan fingerprint density at radius 1 is 1.14 bits per heavy atom. The van der Waals surface area contributed by atoms with E-state index in [9.17, 15) is 9.90 Å². The summed E-state index contributed by atoms with van der Waals surface area (Å²) in [5.74, 6) is -0.785. The zero-order valence-electron chi connectivity index (χ0n) is 11.8. The van der Waals surface area contributed by atoms with Gasteiger partial charge in [0.2, 0.25) is 11.8 Å². The fraction of sp³-hybridized carbons (Fsp3) is 0.176. The van der Waals surface area contributed by atoms with Gasteiger partial charge in [0.15, 0.2) is 5.58 Å². The molecule has 1 heterocycles. The van der Waals surface area contributed by atoms with Crippen molar-refractivity contribution in [1.29, 1.82) is 0 Å². The Labute approximate surface area is 127 Å². The molecule has 3 aromatic rings. The number of oxazole rings is 1. The van der Waals surface area contributed by atoms with Gasteiger partial charge in [0.1, 0.15) is 11.6 Å². The molecule has 0 fully saturated rings. The molecular weight excluding hydrogens is 280 g/mol. The minimum absolute atomic E-state index is 0.0178. The number of amides is 1. The number of nitrogens with two attached hydrogens (primary N) is 1. The number of benzene rings is 2. The van der Waals surface area contributed by atoms with Crippen molar-refractivity contribution in [2.45, 2.75) is 18.4 Å². The van der Waals surface area contributed by atoms with Gasteiger partial charge in [0.05, 0.1) is 0 Å². The molecule has 0 aliphatic rings. The van der Waals surface area contributed by atoms with Crippen LogP contribution in [0.5, 0.6) is 0 Å². The van der Waals surface area contributed by atoms with Crippen LogP contribution in [0, 0.1) is 0 Å². The average molecular weight is 296 g/mol. The second-order valence-corrected chi connectivity index (χ2v) is 5.15. The maximum atomic E-state index is 11.4. The molecule has 3 N–H and O–H groups in total. The molecule has 22 heavy (non-hydrogen) atoms. The molecule has 0 saturated carbocycles. The number of hydrogen-bond donors (Lipinski definition) is 2. The number of para-hydroxylation sites is 2. The molecule has 112 valence electrons. The first-order valence-electron chi connectivity index (χ1n) is 7.02. The van der Waals surface area contributed by atoms with Crippen LogP contribution in [-0.2, 0) is 4.79 Å².